The smallest absolute Gasteiger partial charge is 0.123 e. The van der Waals surface area contributed by atoms with Crippen LogP contribution >= 0.6 is 12.4 Å². The maximum atomic E-state index is 11.0. The molecule has 2 unspecified atom stereocenters. The van der Waals surface area contributed by atoms with Gasteiger partial charge in [0.25, 0.3) is 0 Å². The lowest BCUT2D eigenvalue weighted by Gasteiger charge is -2.41. The lowest BCUT2D eigenvalue weighted by atomic mass is 9.85. The minimum Gasteiger partial charge on any atom is -0.489 e. The first-order valence-electron chi connectivity index (χ1n) is 11.0. The number of piperidine rings is 1. The molecule has 1 aromatic rings. The predicted octanol–water partition coefficient (Wildman–Crippen LogP) is 5.72. The van der Waals surface area contributed by atoms with Crippen LogP contribution in [0.5, 0.6) is 5.75 Å². The molecule has 2 fully saturated rings. The second-order valence-corrected chi connectivity index (χ2v) is 8.30. The maximum absolute atomic E-state index is 11.0. The van der Waals surface area contributed by atoms with Gasteiger partial charge in [0.15, 0.2) is 0 Å². The summed E-state index contributed by atoms with van der Waals surface area (Å²) >= 11 is 0. The summed E-state index contributed by atoms with van der Waals surface area (Å²) in [6.45, 7) is 6.13. The van der Waals surface area contributed by atoms with E-state index >= 15 is 0 Å². The molecule has 4 heteroatoms. The molecule has 1 N–H and O–H groups in total. The molecule has 1 aliphatic heterocycles. The van der Waals surface area contributed by atoms with Crippen molar-refractivity contribution in [1.29, 1.82) is 0 Å². The Balaban J connectivity index is 0.00000280. The summed E-state index contributed by atoms with van der Waals surface area (Å²) < 4.78 is 5.84. The summed E-state index contributed by atoms with van der Waals surface area (Å²) in [4.78, 5) is 2.58. The SMILES string of the molecule is C=CCOc1ccccc1C1CCN(C2CCCCCCCCC2)CC1O.Cl. The largest absolute Gasteiger partial charge is 0.489 e. The van der Waals surface area contributed by atoms with Crippen LogP contribution in [0.3, 0.4) is 0 Å². The third-order valence-corrected chi connectivity index (χ3v) is 6.38. The van der Waals surface area contributed by atoms with E-state index in [1.54, 1.807) is 6.08 Å². The van der Waals surface area contributed by atoms with Crippen molar-refractivity contribution in [3.63, 3.8) is 0 Å². The molecule has 2 aliphatic rings. The van der Waals surface area contributed by atoms with Crippen molar-refractivity contribution in [2.45, 2.75) is 82.3 Å². The normalized spacial score (nSPS) is 25.5. The third kappa shape index (κ3) is 6.50. The highest BCUT2D eigenvalue weighted by molar-refractivity contribution is 5.85. The molecule has 0 spiro atoms. The third-order valence-electron chi connectivity index (χ3n) is 6.38. The highest BCUT2D eigenvalue weighted by Crippen LogP contribution is 2.36. The standard InChI is InChI=1S/C24H37NO2.ClH/c1-2-18-27-24-15-11-10-14-22(24)21-16-17-25(19-23(21)26)20-12-8-6-4-3-5-7-9-13-20;/h2,10-11,14-15,20-21,23,26H,1,3-9,12-13,16-19H2;1H. The minimum absolute atomic E-state index is 0. The molecule has 1 aromatic carbocycles. The average Bonchev–Trinajstić information content (AvgIpc) is 2.70. The van der Waals surface area contributed by atoms with Gasteiger partial charge in [-0.15, -0.1) is 12.4 Å². The van der Waals surface area contributed by atoms with Crippen LogP contribution in [0.25, 0.3) is 0 Å². The van der Waals surface area contributed by atoms with Crippen molar-refractivity contribution in [2.75, 3.05) is 19.7 Å². The fourth-order valence-electron chi connectivity index (χ4n) is 4.87. The number of hydrogen-bond donors (Lipinski definition) is 1. The van der Waals surface area contributed by atoms with Gasteiger partial charge in [0.2, 0.25) is 0 Å². The van der Waals surface area contributed by atoms with Gasteiger partial charge in [0, 0.05) is 18.5 Å². The summed E-state index contributed by atoms with van der Waals surface area (Å²) in [6.07, 6.45) is 14.7. The molecule has 0 bridgehead atoms. The first kappa shape index (κ1) is 23.3. The van der Waals surface area contributed by atoms with Gasteiger partial charge >= 0.3 is 0 Å². The van der Waals surface area contributed by atoms with Crippen LogP contribution in [0.4, 0.5) is 0 Å². The van der Waals surface area contributed by atoms with Crippen LogP contribution in [0.2, 0.25) is 0 Å². The number of aliphatic hydroxyl groups excluding tert-OH is 1. The molecular formula is C24H38ClNO2. The zero-order valence-electron chi connectivity index (χ0n) is 17.2. The van der Waals surface area contributed by atoms with E-state index in [0.29, 0.717) is 12.6 Å². The number of nitrogens with zero attached hydrogens (tertiary/aromatic N) is 1. The van der Waals surface area contributed by atoms with Crippen LogP contribution in [-0.4, -0.2) is 41.8 Å². The zero-order chi connectivity index (χ0) is 18.9. The molecule has 3 nitrogen and oxygen atoms in total. The van der Waals surface area contributed by atoms with Crippen molar-refractivity contribution in [3.8, 4) is 5.75 Å². The first-order chi connectivity index (χ1) is 13.3. The van der Waals surface area contributed by atoms with E-state index < -0.39 is 0 Å². The molecule has 0 aromatic heterocycles. The van der Waals surface area contributed by atoms with Crippen LogP contribution in [0.1, 0.15) is 75.7 Å². The summed E-state index contributed by atoms with van der Waals surface area (Å²) in [7, 11) is 0. The molecule has 1 aliphatic carbocycles. The number of halogens is 1. The van der Waals surface area contributed by atoms with Crippen LogP contribution < -0.4 is 4.74 Å². The Morgan fingerprint density at radius 3 is 2.29 bits per heavy atom. The van der Waals surface area contributed by atoms with Crippen LogP contribution in [-0.2, 0) is 0 Å². The number of hydrogen-bond acceptors (Lipinski definition) is 3. The molecule has 1 saturated heterocycles. The Morgan fingerprint density at radius 1 is 1.00 bits per heavy atom. The molecule has 0 radical (unpaired) electrons. The van der Waals surface area contributed by atoms with Crippen molar-refractivity contribution in [1.82, 2.24) is 4.90 Å². The van der Waals surface area contributed by atoms with Crippen molar-refractivity contribution < 1.29 is 9.84 Å². The first-order valence-corrected chi connectivity index (χ1v) is 11.0. The zero-order valence-corrected chi connectivity index (χ0v) is 18.0. The van der Waals surface area contributed by atoms with Crippen LogP contribution in [0.15, 0.2) is 36.9 Å². The average molecular weight is 408 g/mol. The fraction of sp³-hybridized carbons (Fsp3) is 0.667. The minimum atomic E-state index is -0.317. The van der Waals surface area contributed by atoms with Gasteiger partial charge in [-0.1, -0.05) is 75.8 Å². The molecule has 3 rings (SSSR count). The number of benzene rings is 1. The Bertz CT molecular complexity index is 569. The second kappa shape index (κ2) is 12.5. The topological polar surface area (TPSA) is 32.7 Å². The predicted molar refractivity (Wildman–Crippen MR) is 120 cm³/mol. The lowest BCUT2D eigenvalue weighted by Crippen LogP contribution is -2.47. The Kier molecular flexibility index (Phi) is 10.4. The number of aliphatic hydroxyl groups is 1. The molecule has 28 heavy (non-hydrogen) atoms. The molecule has 158 valence electrons. The van der Waals surface area contributed by atoms with Gasteiger partial charge in [0.05, 0.1) is 6.10 Å². The quantitative estimate of drug-likeness (QED) is 0.634. The van der Waals surface area contributed by atoms with E-state index in [0.717, 1.165) is 30.8 Å². The number of ether oxygens (including phenoxy) is 1. The van der Waals surface area contributed by atoms with Gasteiger partial charge in [0.1, 0.15) is 12.4 Å². The molecule has 1 saturated carbocycles. The Hall–Kier alpha value is -1.03. The van der Waals surface area contributed by atoms with E-state index in [9.17, 15) is 5.11 Å². The summed E-state index contributed by atoms with van der Waals surface area (Å²) in [5, 5.41) is 11.0. The number of β-amino-alcohol motifs (C(OH)–C–C–N with tert-alkyl or cyclic N) is 1. The van der Waals surface area contributed by atoms with E-state index in [4.69, 9.17) is 4.74 Å². The summed E-state index contributed by atoms with van der Waals surface area (Å²) in [6, 6.07) is 8.84. The fourth-order valence-corrected chi connectivity index (χ4v) is 4.87. The number of para-hydroxylation sites is 1. The van der Waals surface area contributed by atoms with Gasteiger partial charge in [-0.2, -0.15) is 0 Å². The molecule has 2 atom stereocenters. The summed E-state index contributed by atoms with van der Waals surface area (Å²) in [5.41, 5.74) is 1.15. The van der Waals surface area contributed by atoms with E-state index in [1.807, 2.05) is 12.1 Å². The maximum Gasteiger partial charge on any atom is 0.123 e. The molecule has 1 heterocycles. The van der Waals surface area contributed by atoms with E-state index in [-0.39, 0.29) is 24.4 Å². The Morgan fingerprint density at radius 2 is 1.64 bits per heavy atom. The summed E-state index contributed by atoms with van der Waals surface area (Å²) in [5.74, 6) is 1.07. The molecular weight excluding hydrogens is 370 g/mol. The van der Waals surface area contributed by atoms with Gasteiger partial charge < -0.3 is 9.84 Å². The monoisotopic (exact) mass is 407 g/mol. The molecule has 0 amide bonds. The number of likely N-dealkylation sites (tertiary alicyclic amines) is 1. The van der Waals surface area contributed by atoms with Gasteiger partial charge in [-0.25, -0.2) is 0 Å². The second-order valence-electron chi connectivity index (χ2n) is 8.30. The Labute approximate surface area is 177 Å². The number of rotatable bonds is 5. The van der Waals surface area contributed by atoms with E-state index in [2.05, 4.69) is 23.6 Å². The highest BCUT2D eigenvalue weighted by atomic mass is 35.5. The van der Waals surface area contributed by atoms with Crippen molar-refractivity contribution in [2.24, 2.45) is 0 Å². The van der Waals surface area contributed by atoms with E-state index in [1.165, 1.54) is 57.8 Å². The van der Waals surface area contributed by atoms with Crippen molar-refractivity contribution >= 4 is 12.4 Å². The van der Waals surface area contributed by atoms with Gasteiger partial charge in [-0.3, -0.25) is 4.90 Å². The van der Waals surface area contributed by atoms with Crippen LogP contribution in [0, 0.1) is 0 Å². The van der Waals surface area contributed by atoms with Gasteiger partial charge in [-0.05, 0) is 37.4 Å². The highest BCUT2D eigenvalue weighted by Gasteiger charge is 2.33. The van der Waals surface area contributed by atoms with Crippen molar-refractivity contribution in [3.05, 3.63) is 42.5 Å². The lowest BCUT2D eigenvalue weighted by molar-refractivity contribution is 0.0234.